The van der Waals surface area contributed by atoms with Crippen LogP contribution in [0.5, 0.6) is 0 Å². The van der Waals surface area contributed by atoms with Gasteiger partial charge in [-0.2, -0.15) is 0 Å². The summed E-state index contributed by atoms with van der Waals surface area (Å²) < 4.78 is 25.5. The predicted molar refractivity (Wildman–Crippen MR) is 87.1 cm³/mol. The molecule has 120 valence electrons. The third-order valence-electron chi connectivity index (χ3n) is 4.44. The van der Waals surface area contributed by atoms with Gasteiger partial charge in [0.05, 0.1) is 16.1 Å². The van der Waals surface area contributed by atoms with Crippen molar-refractivity contribution in [2.75, 3.05) is 0 Å². The van der Waals surface area contributed by atoms with Gasteiger partial charge in [0.2, 0.25) is 0 Å². The van der Waals surface area contributed by atoms with E-state index in [2.05, 4.69) is 0 Å². The van der Waals surface area contributed by atoms with Gasteiger partial charge >= 0.3 is 5.97 Å². The molecule has 1 saturated carbocycles. The fourth-order valence-electron chi connectivity index (χ4n) is 3.10. The molecule has 3 rings (SSSR count). The highest BCUT2D eigenvalue weighted by atomic mass is 32.2. The van der Waals surface area contributed by atoms with Crippen molar-refractivity contribution in [3.8, 4) is 0 Å². The number of benzene rings is 2. The van der Waals surface area contributed by atoms with Gasteiger partial charge in [-0.1, -0.05) is 49.4 Å². The van der Waals surface area contributed by atoms with Crippen molar-refractivity contribution in [2.45, 2.75) is 29.4 Å². The minimum absolute atomic E-state index is 0.184. The molecule has 0 amide bonds. The minimum atomic E-state index is -3.65. The van der Waals surface area contributed by atoms with Crippen LogP contribution < -0.4 is 0 Å². The van der Waals surface area contributed by atoms with Gasteiger partial charge in [0.25, 0.3) is 0 Å². The molecule has 0 heterocycles. The highest BCUT2D eigenvalue weighted by Gasteiger charge is 2.63. The molecular weight excluding hydrogens is 312 g/mol. The number of aryl methyl sites for hydroxylation is 1. The maximum absolute atomic E-state index is 12.8. The topological polar surface area (TPSA) is 71.4 Å². The highest BCUT2D eigenvalue weighted by molar-refractivity contribution is 7.92. The molecule has 1 fully saturated rings. The number of aliphatic carboxylic acids is 1. The Kier molecular flexibility index (Phi) is 3.98. The lowest BCUT2D eigenvalue weighted by atomic mass is 10.1. The van der Waals surface area contributed by atoms with Crippen molar-refractivity contribution in [1.82, 2.24) is 0 Å². The van der Waals surface area contributed by atoms with Gasteiger partial charge in [-0.25, -0.2) is 8.42 Å². The molecule has 0 bridgehead atoms. The molecule has 1 aliphatic rings. The first-order valence-corrected chi connectivity index (χ1v) is 9.12. The lowest BCUT2D eigenvalue weighted by molar-refractivity contribution is -0.138. The van der Waals surface area contributed by atoms with Crippen LogP contribution >= 0.6 is 0 Å². The molecule has 0 spiro atoms. The van der Waals surface area contributed by atoms with Crippen molar-refractivity contribution in [1.29, 1.82) is 0 Å². The van der Waals surface area contributed by atoms with Crippen LogP contribution in [0.25, 0.3) is 0 Å². The summed E-state index contributed by atoms with van der Waals surface area (Å²) in [5.41, 5.74) is 1.92. The van der Waals surface area contributed by atoms with Crippen LogP contribution in [0, 0.1) is 5.92 Å². The quantitative estimate of drug-likeness (QED) is 0.915. The number of hydrogen-bond acceptors (Lipinski definition) is 3. The molecule has 1 N–H and O–H groups in total. The van der Waals surface area contributed by atoms with Gasteiger partial charge in [-0.15, -0.1) is 0 Å². The maximum Gasteiger partial charge on any atom is 0.308 e. The number of sulfone groups is 1. The third kappa shape index (κ3) is 2.77. The highest BCUT2D eigenvalue weighted by Crippen LogP contribution is 2.54. The Morgan fingerprint density at radius 2 is 1.65 bits per heavy atom. The summed E-state index contributed by atoms with van der Waals surface area (Å²) in [6.45, 7) is 2.04. The van der Waals surface area contributed by atoms with Gasteiger partial charge in [-0.3, -0.25) is 4.79 Å². The Morgan fingerprint density at radius 3 is 2.17 bits per heavy atom. The summed E-state index contributed by atoms with van der Waals surface area (Å²) in [7, 11) is -3.65. The van der Waals surface area contributed by atoms with Crippen LogP contribution in [0.4, 0.5) is 0 Å². The van der Waals surface area contributed by atoms with Gasteiger partial charge in [0, 0.05) is 5.92 Å². The molecule has 4 nitrogen and oxygen atoms in total. The smallest absolute Gasteiger partial charge is 0.308 e. The number of carbonyl (C=O) groups is 1. The minimum Gasteiger partial charge on any atom is -0.481 e. The zero-order valence-electron chi connectivity index (χ0n) is 12.7. The number of carboxylic acid groups (broad SMARTS) is 1. The van der Waals surface area contributed by atoms with E-state index in [1.54, 1.807) is 18.2 Å². The van der Waals surface area contributed by atoms with Crippen molar-refractivity contribution in [2.24, 2.45) is 5.92 Å². The van der Waals surface area contributed by atoms with Crippen molar-refractivity contribution in [3.63, 3.8) is 0 Å². The molecule has 0 radical (unpaired) electrons. The summed E-state index contributed by atoms with van der Waals surface area (Å²) in [5.74, 6) is -2.42. The molecule has 0 aliphatic heterocycles. The van der Waals surface area contributed by atoms with Crippen LogP contribution in [0.3, 0.4) is 0 Å². The van der Waals surface area contributed by atoms with Crippen LogP contribution in [0.2, 0.25) is 0 Å². The monoisotopic (exact) mass is 330 g/mol. The van der Waals surface area contributed by atoms with E-state index in [0.29, 0.717) is 0 Å². The van der Waals surface area contributed by atoms with E-state index in [4.69, 9.17) is 0 Å². The maximum atomic E-state index is 12.8. The summed E-state index contributed by atoms with van der Waals surface area (Å²) in [4.78, 5) is 11.7. The van der Waals surface area contributed by atoms with E-state index in [9.17, 15) is 18.3 Å². The largest absolute Gasteiger partial charge is 0.481 e. The summed E-state index contributed by atoms with van der Waals surface area (Å²) in [6, 6.07) is 15.6. The Hall–Kier alpha value is -2.14. The van der Waals surface area contributed by atoms with E-state index in [1.165, 1.54) is 12.1 Å². The molecule has 0 unspecified atom stereocenters. The van der Waals surface area contributed by atoms with E-state index in [-0.39, 0.29) is 4.90 Å². The van der Waals surface area contributed by atoms with Crippen LogP contribution in [0.1, 0.15) is 24.0 Å². The second kappa shape index (κ2) is 5.81. The first-order valence-electron chi connectivity index (χ1n) is 7.57. The fourth-order valence-corrected chi connectivity index (χ4v) is 5.25. The average molecular weight is 330 g/mol. The number of carboxylic acids is 1. The van der Waals surface area contributed by atoms with E-state index in [0.717, 1.165) is 17.5 Å². The number of hydrogen-bond donors (Lipinski definition) is 1. The van der Waals surface area contributed by atoms with Crippen molar-refractivity contribution in [3.05, 3.63) is 65.7 Å². The molecule has 2 aromatic rings. The predicted octanol–water partition coefficient (Wildman–Crippen LogP) is 2.89. The lowest BCUT2D eigenvalue weighted by Gasteiger charge is -2.04. The molecule has 0 saturated heterocycles. The first-order chi connectivity index (χ1) is 11.0. The average Bonchev–Trinajstić information content (AvgIpc) is 3.32. The van der Waals surface area contributed by atoms with Crippen molar-refractivity contribution < 1.29 is 18.3 Å². The fraction of sp³-hybridized carbons (Fsp3) is 0.278. The van der Waals surface area contributed by atoms with Crippen LogP contribution in [-0.4, -0.2) is 24.7 Å². The normalized spacial score (nSPS) is 23.4. The Labute approximate surface area is 135 Å². The van der Waals surface area contributed by atoms with E-state index >= 15 is 0 Å². The first kappa shape index (κ1) is 15.7. The SMILES string of the molecule is CCc1ccc([C@@H]2[C@@H](C(=O)O)[C@@H]2S(=O)(=O)c2ccccc2)cc1. The third-order valence-corrected chi connectivity index (χ3v) is 6.67. The molecule has 0 aromatic heterocycles. The Morgan fingerprint density at radius 1 is 1.04 bits per heavy atom. The second-order valence-electron chi connectivity index (χ2n) is 5.81. The lowest BCUT2D eigenvalue weighted by Crippen LogP contribution is -2.13. The van der Waals surface area contributed by atoms with Gasteiger partial charge < -0.3 is 5.11 Å². The molecule has 5 heteroatoms. The van der Waals surface area contributed by atoms with E-state index in [1.807, 2.05) is 31.2 Å². The Bertz CT molecular complexity index is 810. The van der Waals surface area contributed by atoms with Crippen LogP contribution in [0.15, 0.2) is 59.5 Å². The standard InChI is InChI=1S/C18H18O4S/c1-2-12-8-10-13(11-9-12)15-16(18(19)20)17(15)23(21,22)14-6-4-3-5-7-14/h3-11,15-17H,2H2,1H3,(H,19,20)/t15-,16-,17-/m1/s1. The zero-order valence-corrected chi connectivity index (χ0v) is 13.5. The molecule has 1 aliphatic carbocycles. The summed E-state index contributed by atoms with van der Waals surface area (Å²) in [6.07, 6.45) is 0.888. The van der Waals surface area contributed by atoms with Crippen molar-refractivity contribution >= 4 is 15.8 Å². The van der Waals surface area contributed by atoms with Crippen LogP contribution in [-0.2, 0) is 21.1 Å². The molecule has 23 heavy (non-hydrogen) atoms. The van der Waals surface area contributed by atoms with E-state index < -0.39 is 32.9 Å². The molecular formula is C18H18O4S. The van der Waals surface area contributed by atoms with Gasteiger partial charge in [0.1, 0.15) is 0 Å². The summed E-state index contributed by atoms with van der Waals surface area (Å²) in [5, 5.41) is 8.51. The van der Waals surface area contributed by atoms with Gasteiger partial charge in [-0.05, 0) is 29.7 Å². The second-order valence-corrected chi connectivity index (χ2v) is 7.91. The van der Waals surface area contributed by atoms with Gasteiger partial charge in [0.15, 0.2) is 9.84 Å². The molecule has 2 aromatic carbocycles. The molecule has 3 atom stereocenters. The Balaban J connectivity index is 1.96. The summed E-state index contributed by atoms with van der Waals surface area (Å²) >= 11 is 0. The zero-order chi connectivity index (χ0) is 16.6. The number of rotatable bonds is 5.